The number of anilines is 2. The van der Waals surface area contributed by atoms with Crippen molar-refractivity contribution in [3.63, 3.8) is 0 Å². The van der Waals surface area contributed by atoms with Crippen LogP contribution in [0.1, 0.15) is 12.8 Å². The van der Waals surface area contributed by atoms with Crippen molar-refractivity contribution in [1.82, 2.24) is 0 Å². The molecule has 188 valence electrons. The minimum Gasteiger partial charge on any atom is -0.497 e. The molecule has 6 aliphatic rings. The van der Waals surface area contributed by atoms with Gasteiger partial charge in [0.05, 0.1) is 30.6 Å². The zero-order valence-corrected chi connectivity index (χ0v) is 20.3. The molecule has 0 aromatic heterocycles. The van der Waals surface area contributed by atoms with Crippen LogP contribution in [-0.2, 0) is 19.2 Å². The summed E-state index contributed by atoms with van der Waals surface area (Å²) in [7, 11) is 1.56. The van der Waals surface area contributed by atoms with Crippen LogP contribution in [0.4, 0.5) is 11.4 Å². The lowest BCUT2D eigenvalue weighted by Crippen LogP contribution is -2.40. The van der Waals surface area contributed by atoms with E-state index >= 15 is 0 Å². The van der Waals surface area contributed by atoms with E-state index < -0.39 is 11.9 Å². The summed E-state index contributed by atoms with van der Waals surface area (Å²) in [5.41, 5.74) is 1.17. The first-order valence-corrected chi connectivity index (χ1v) is 12.8. The summed E-state index contributed by atoms with van der Waals surface area (Å²) < 4.78 is 10.8. The van der Waals surface area contributed by atoms with E-state index in [1.165, 1.54) is 4.90 Å². The average molecular weight is 499 g/mol. The molecule has 0 N–H and O–H groups in total. The van der Waals surface area contributed by atoms with E-state index in [1.54, 1.807) is 60.5 Å². The van der Waals surface area contributed by atoms with Crippen molar-refractivity contribution in [2.24, 2.45) is 41.4 Å². The van der Waals surface area contributed by atoms with Gasteiger partial charge in [-0.2, -0.15) is 0 Å². The molecule has 3 amide bonds. The number of ether oxygens (including phenoxy) is 2. The fraction of sp³-hybridized carbons (Fsp3) is 0.379. The molecule has 8 nitrogen and oxygen atoms in total. The van der Waals surface area contributed by atoms with Crippen LogP contribution in [0.25, 0.3) is 0 Å². The number of carbonyl (C=O) groups excluding carboxylic acids is 4. The monoisotopic (exact) mass is 498 g/mol. The van der Waals surface area contributed by atoms with E-state index in [0.29, 0.717) is 34.7 Å². The molecule has 0 unspecified atom stereocenters. The Labute approximate surface area is 213 Å². The van der Waals surface area contributed by atoms with Crippen molar-refractivity contribution in [3.05, 3.63) is 60.7 Å². The van der Waals surface area contributed by atoms with E-state index in [-0.39, 0.29) is 54.4 Å². The molecule has 2 saturated carbocycles. The van der Waals surface area contributed by atoms with Crippen LogP contribution in [-0.4, -0.2) is 37.3 Å². The average Bonchev–Trinajstić information content (AvgIpc) is 3.59. The molecule has 8 rings (SSSR count). The molecule has 2 bridgehead atoms. The molecule has 0 spiro atoms. The van der Waals surface area contributed by atoms with Gasteiger partial charge in [0.2, 0.25) is 17.7 Å². The number of rotatable bonds is 5. The Hall–Kier alpha value is -3.94. The standard InChI is InChI=1S/C29H26N2O6/c1-36-19-4-2-3-17(12-19)30-14-15(11-24(30)32)29(35)37-18-7-5-16(6-8-18)31-27(33)25-20-9-10-21(23-13-22(20)23)26(25)28(31)34/h2-10,12,15,20-23,25-26H,11,13-14H2,1H3/t15-,20+,21+,22+,23+,25-,26+/m0/s1. The third kappa shape index (κ3) is 3.35. The SMILES string of the molecule is COc1cccc(N2C[C@@H](C(=O)Oc3ccc(N4C(=O)[C@@H]5[C@@H]6C=C[C@H]([C@H]7C[C@H]67)[C@@H]5C4=O)cc3)CC2=O)c1. The quantitative estimate of drug-likeness (QED) is 0.272. The molecule has 2 saturated heterocycles. The summed E-state index contributed by atoms with van der Waals surface area (Å²) in [6.45, 7) is 0.223. The van der Waals surface area contributed by atoms with Crippen LogP contribution in [0.3, 0.4) is 0 Å². The van der Waals surface area contributed by atoms with Crippen LogP contribution in [0.15, 0.2) is 60.7 Å². The lowest BCUT2D eigenvalue weighted by molar-refractivity contribution is -0.139. The van der Waals surface area contributed by atoms with Gasteiger partial charge in [-0.15, -0.1) is 0 Å². The van der Waals surface area contributed by atoms with Gasteiger partial charge in [-0.05, 0) is 66.5 Å². The molecule has 2 heterocycles. The number of methoxy groups -OCH3 is 1. The van der Waals surface area contributed by atoms with Gasteiger partial charge in [0, 0.05) is 24.7 Å². The van der Waals surface area contributed by atoms with Crippen molar-refractivity contribution in [2.75, 3.05) is 23.5 Å². The molecular formula is C29H26N2O6. The molecule has 4 aliphatic carbocycles. The van der Waals surface area contributed by atoms with E-state index in [4.69, 9.17) is 9.47 Å². The number of amides is 3. The Balaban J connectivity index is 1.03. The maximum Gasteiger partial charge on any atom is 0.316 e. The summed E-state index contributed by atoms with van der Waals surface area (Å²) in [6.07, 6.45) is 5.49. The molecular weight excluding hydrogens is 472 g/mol. The fourth-order valence-electron chi connectivity index (χ4n) is 6.97. The lowest BCUT2D eigenvalue weighted by Gasteiger charge is -2.37. The van der Waals surface area contributed by atoms with Crippen molar-refractivity contribution in [1.29, 1.82) is 0 Å². The van der Waals surface area contributed by atoms with Crippen LogP contribution in [0, 0.1) is 41.4 Å². The minimum absolute atomic E-state index is 0.0615. The zero-order chi connectivity index (χ0) is 25.4. The first-order chi connectivity index (χ1) is 17.9. The highest BCUT2D eigenvalue weighted by molar-refractivity contribution is 6.22. The van der Waals surface area contributed by atoms with Crippen LogP contribution < -0.4 is 19.3 Å². The largest absolute Gasteiger partial charge is 0.497 e. The van der Waals surface area contributed by atoms with E-state index in [2.05, 4.69) is 12.2 Å². The highest BCUT2D eigenvalue weighted by atomic mass is 16.5. The molecule has 0 radical (unpaired) electrons. The van der Waals surface area contributed by atoms with Gasteiger partial charge in [0.15, 0.2) is 0 Å². The predicted octanol–water partition coefficient (Wildman–Crippen LogP) is 3.21. The maximum absolute atomic E-state index is 13.3. The van der Waals surface area contributed by atoms with Crippen molar-refractivity contribution in [2.45, 2.75) is 12.8 Å². The normalized spacial score (nSPS) is 33.0. The fourth-order valence-corrected chi connectivity index (χ4v) is 6.97. The highest BCUT2D eigenvalue weighted by Crippen LogP contribution is 2.65. The predicted molar refractivity (Wildman–Crippen MR) is 133 cm³/mol. The summed E-state index contributed by atoms with van der Waals surface area (Å²) in [6, 6.07) is 13.6. The Morgan fingerprint density at radius 3 is 2.19 bits per heavy atom. The second kappa shape index (κ2) is 8.03. The third-order valence-corrected chi connectivity index (χ3v) is 8.80. The van der Waals surface area contributed by atoms with Crippen LogP contribution in [0.5, 0.6) is 11.5 Å². The van der Waals surface area contributed by atoms with E-state index in [1.807, 2.05) is 0 Å². The number of allylic oxidation sites excluding steroid dienone is 2. The molecule has 37 heavy (non-hydrogen) atoms. The molecule has 8 heteroatoms. The number of esters is 1. The Kier molecular flexibility index (Phi) is 4.83. The second-order valence-electron chi connectivity index (χ2n) is 10.7. The van der Waals surface area contributed by atoms with Crippen molar-refractivity contribution >= 4 is 35.1 Å². The summed E-state index contributed by atoms with van der Waals surface area (Å²) in [5.74, 6) is 0.399. The van der Waals surface area contributed by atoms with Gasteiger partial charge in [-0.25, -0.2) is 0 Å². The van der Waals surface area contributed by atoms with Gasteiger partial charge < -0.3 is 14.4 Å². The van der Waals surface area contributed by atoms with Crippen molar-refractivity contribution in [3.8, 4) is 11.5 Å². The second-order valence-corrected chi connectivity index (χ2v) is 10.7. The molecule has 2 aromatic rings. The molecule has 4 fully saturated rings. The molecule has 2 aromatic carbocycles. The Morgan fingerprint density at radius 2 is 1.54 bits per heavy atom. The Bertz CT molecular complexity index is 1330. The zero-order valence-electron chi connectivity index (χ0n) is 20.3. The number of nitrogens with zero attached hydrogens (tertiary/aromatic N) is 2. The Morgan fingerprint density at radius 1 is 0.865 bits per heavy atom. The first-order valence-electron chi connectivity index (χ1n) is 12.8. The van der Waals surface area contributed by atoms with E-state index in [9.17, 15) is 19.2 Å². The van der Waals surface area contributed by atoms with Gasteiger partial charge in [0.1, 0.15) is 11.5 Å². The van der Waals surface area contributed by atoms with Gasteiger partial charge >= 0.3 is 5.97 Å². The highest BCUT2D eigenvalue weighted by Gasteiger charge is 2.67. The maximum atomic E-state index is 13.3. The number of hydrogen-bond donors (Lipinski definition) is 0. The molecule has 7 atom stereocenters. The minimum atomic E-state index is -0.599. The van der Waals surface area contributed by atoms with Gasteiger partial charge in [-0.1, -0.05) is 18.2 Å². The number of imide groups is 1. The first kappa shape index (κ1) is 22.3. The van der Waals surface area contributed by atoms with E-state index in [0.717, 1.165) is 6.42 Å². The van der Waals surface area contributed by atoms with Gasteiger partial charge in [-0.3, -0.25) is 24.1 Å². The summed E-state index contributed by atoms with van der Waals surface area (Å²) in [4.78, 5) is 54.9. The smallest absolute Gasteiger partial charge is 0.316 e. The third-order valence-electron chi connectivity index (χ3n) is 8.80. The topological polar surface area (TPSA) is 93.2 Å². The summed E-state index contributed by atoms with van der Waals surface area (Å²) in [5, 5.41) is 0. The number of carbonyl (C=O) groups is 4. The van der Waals surface area contributed by atoms with Crippen LogP contribution in [0.2, 0.25) is 0 Å². The van der Waals surface area contributed by atoms with Crippen molar-refractivity contribution < 1.29 is 28.7 Å². The summed E-state index contributed by atoms with van der Waals surface area (Å²) >= 11 is 0. The van der Waals surface area contributed by atoms with Gasteiger partial charge in [0.25, 0.3) is 0 Å². The number of benzene rings is 2. The molecule has 2 aliphatic heterocycles. The number of hydrogen-bond acceptors (Lipinski definition) is 6. The van der Waals surface area contributed by atoms with Crippen LogP contribution >= 0.6 is 0 Å². The lowest BCUT2D eigenvalue weighted by atomic mass is 9.63.